The van der Waals surface area contributed by atoms with Crippen molar-refractivity contribution in [3.63, 3.8) is 0 Å². The first-order valence-corrected chi connectivity index (χ1v) is 8.31. The van der Waals surface area contributed by atoms with Crippen molar-refractivity contribution in [3.8, 4) is 0 Å². The Morgan fingerprint density at radius 3 is 2.48 bits per heavy atom. The van der Waals surface area contributed by atoms with Crippen molar-refractivity contribution in [3.05, 3.63) is 59.9 Å². The number of hydrogen-bond donors (Lipinski definition) is 1. The maximum absolute atomic E-state index is 12.4. The van der Waals surface area contributed by atoms with Crippen LogP contribution >= 0.6 is 0 Å². The van der Waals surface area contributed by atoms with E-state index in [-0.39, 0.29) is 11.9 Å². The van der Waals surface area contributed by atoms with Crippen molar-refractivity contribution < 1.29 is 4.79 Å². The number of piperidine rings is 1. The average Bonchev–Trinajstić information content (AvgIpc) is 2.63. The minimum Gasteiger partial charge on any atom is -0.377 e. The summed E-state index contributed by atoms with van der Waals surface area (Å²) in [7, 11) is 0. The number of amides is 1. The first-order chi connectivity index (χ1) is 11.2. The normalized spacial score (nSPS) is 16.0. The maximum Gasteiger partial charge on any atom is 0.272 e. The molecule has 2 heterocycles. The lowest BCUT2D eigenvalue weighted by Crippen LogP contribution is -2.36. The topological polar surface area (TPSA) is 45.2 Å². The molecule has 120 valence electrons. The van der Waals surface area contributed by atoms with Gasteiger partial charge in [0.05, 0.1) is 11.9 Å². The first kappa shape index (κ1) is 15.5. The van der Waals surface area contributed by atoms with E-state index in [1.165, 1.54) is 12.0 Å². The number of carbonyl (C=O) groups excluding carboxylic acids is 1. The molecule has 1 aromatic heterocycles. The van der Waals surface area contributed by atoms with Gasteiger partial charge in [-0.15, -0.1) is 0 Å². The van der Waals surface area contributed by atoms with Gasteiger partial charge in [-0.3, -0.25) is 4.79 Å². The van der Waals surface area contributed by atoms with Crippen molar-refractivity contribution in [1.82, 2.24) is 9.88 Å². The van der Waals surface area contributed by atoms with Gasteiger partial charge in [-0.2, -0.15) is 0 Å². The highest BCUT2D eigenvalue weighted by molar-refractivity contribution is 5.92. The molecule has 3 rings (SSSR count). The van der Waals surface area contributed by atoms with Crippen LogP contribution in [0, 0.1) is 0 Å². The molecule has 0 saturated carbocycles. The van der Waals surface area contributed by atoms with Gasteiger partial charge in [-0.05, 0) is 43.9 Å². The SMILES string of the molecule is CC(Nc1ccc(C(=O)N2CCCCC2)nc1)c1ccccc1. The van der Waals surface area contributed by atoms with E-state index in [4.69, 9.17) is 0 Å². The quantitative estimate of drug-likeness (QED) is 0.932. The summed E-state index contributed by atoms with van der Waals surface area (Å²) in [5.41, 5.74) is 2.68. The highest BCUT2D eigenvalue weighted by atomic mass is 16.2. The van der Waals surface area contributed by atoms with Crippen LogP contribution in [0.3, 0.4) is 0 Å². The third-order valence-electron chi connectivity index (χ3n) is 4.31. The molecule has 1 aromatic carbocycles. The van der Waals surface area contributed by atoms with Crippen LogP contribution in [0.15, 0.2) is 48.7 Å². The van der Waals surface area contributed by atoms with Crippen LogP contribution in [0.4, 0.5) is 5.69 Å². The number of benzene rings is 1. The number of nitrogens with zero attached hydrogens (tertiary/aromatic N) is 2. The average molecular weight is 309 g/mol. The highest BCUT2D eigenvalue weighted by Gasteiger charge is 2.19. The zero-order valence-corrected chi connectivity index (χ0v) is 13.5. The maximum atomic E-state index is 12.4. The summed E-state index contributed by atoms with van der Waals surface area (Å²) in [4.78, 5) is 18.7. The van der Waals surface area contributed by atoms with Gasteiger partial charge in [0.1, 0.15) is 5.69 Å². The van der Waals surface area contributed by atoms with Gasteiger partial charge in [0.25, 0.3) is 5.91 Å². The Bertz CT molecular complexity index is 633. The lowest BCUT2D eigenvalue weighted by Gasteiger charge is -2.26. The van der Waals surface area contributed by atoms with E-state index in [0.29, 0.717) is 5.69 Å². The summed E-state index contributed by atoms with van der Waals surface area (Å²) in [5, 5.41) is 3.42. The van der Waals surface area contributed by atoms with Gasteiger partial charge in [-0.1, -0.05) is 30.3 Å². The van der Waals surface area contributed by atoms with Crippen LogP contribution < -0.4 is 5.32 Å². The Morgan fingerprint density at radius 2 is 1.83 bits per heavy atom. The molecule has 0 bridgehead atoms. The smallest absolute Gasteiger partial charge is 0.272 e. The number of carbonyl (C=O) groups is 1. The molecule has 0 radical (unpaired) electrons. The van der Waals surface area contributed by atoms with Crippen LogP contribution in [-0.4, -0.2) is 28.9 Å². The van der Waals surface area contributed by atoms with E-state index >= 15 is 0 Å². The second kappa shape index (κ2) is 7.27. The molecule has 4 nitrogen and oxygen atoms in total. The van der Waals surface area contributed by atoms with E-state index in [2.05, 4.69) is 29.4 Å². The molecule has 1 atom stereocenters. The van der Waals surface area contributed by atoms with Crippen molar-refractivity contribution in [2.45, 2.75) is 32.2 Å². The van der Waals surface area contributed by atoms with E-state index in [9.17, 15) is 4.79 Å². The van der Waals surface area contributed by atoms with Gasteiger partial charge in [0.15, 0.2) is 0 Å². The van der Waals surface area contributed by atoms with Gasteiger partial charge in [0.2, 0.25) is 0 Å². The van der Waals surface area contributed by atoms with Crippen LogP contribution in [0.25, 0.3) is 0 Å². The third kappa shape index (κ3) is 3.89. The van der Waals surface area contributed by atoms with Crippen molar-refractivity contribution in [2.75, 3.05) is 18.4 Å². The third-order valence-corrected chi connectivity index (χ3v) is 4.31. The number of aromatic nitrogens is 1. The van der Waals surface area contributed by atoms with Crippen LogP contribution in [0.5, 0.6) is 0 Å². The summed E-state index contributed by atoms with van der Waals surface area (Å²) >= 11 is 0. The second-order valence-corrected chi connectivity index (χ2v) is 6.06. The molecule has 1 aliphatic rings. The lowest BCUT2D eigenvalue weighted by molar-refractivity contribution is 0.0718. The Hall–Kier alpha value is -2.36. The van der Waals surface area contributed by atoms with Gasteiger partial charge < -0.3 is 10.2 Å². The van der Waals surface area contributed by atoms with Crippen molar-refractivity contribution >= 4 is 11.6 Å². The van der Waals surface area contributed by atoms with Crippen molar-refractivity contribution in [2.24, 2.45) is 0 Å². The fourth-order valence-electron chi connectivity index (χ4n) is 2.94. The van der Waals surface area contributed by atoms with Crippen LogP contribution in [0.1, 0.15) is 48.3 Å². The Morgan fingerprint density at radius 1 is 1.09 bits per heavy atom. The molecule has 1 saturated heterocycles. The summed E-state index contributed by atoms with van der Waals surface area (Å²) in [6.07, 6.45) is 5.16. The minimum atomic E-state index is 0.0485. The highest BCUT2D eigenvalue weighted by Crippen LogP contribution is 2.19. The fraction of sp³-hybridized carbons (Fsp3) is 0.368. The zero-order valence-electron chi connectivity index (χ0n) is 13.5. The summed E-state index contributed by atoms with van der Waals surface area (Å²) in [6.45, 7) is 3.82. The molecular formula is C19H23N3O. The largest absolute Gasteiger partial charge is 0.377 e. The first-order valence-electron chi connectivity index (χ1n) is 8.31. The summed E-state index contributed by atoms with van der Waals surface area (Å²) < 4.78 is 0. The molecule has 0 aliphatic carbocycles. The molecule has 1 aliphatic heterocycles. The molecule has 0 spiro atoms. The Kier molecular flexibility index (Phi) is 4.91. The fourth-order valence-corrected chi connectivity index (χ4v) is 2.94. The van der Waals surface area contributed by atoms with E-state index in [0.717, 1.165) is 31.6 Å². The number of rotatable bonds is 4. The molecule has 1 unspecified atom stereocenters. The lowest BCUT2D eigenvalue weighted by atomic mass is 10.1. The monoisotopic (exact) mass is 309 g/mol. The second-order valence-electron chi connectivity index (χ2n) is 6.06. The van der Waals surface area contributed by atoms with Crippen molar-refractivity contribution in [1.29, 1.82) is 0 Å². The predicted molar refractivity (Wildman–Crippen MR) is 92.5 cm³/mol. The summed E-state index contributed by atoms with van der Waals surface area (Å²) in [6, 6.07) is 14.2. The molecule has 1 fully saturated rings. The molecule has 23 heavy (non-hydrogen) atoms. The Labute approximate surface area is 137 Å². The number of likely N-dealkylation sites (tertiary alicyclic amines) is 1. The zero-order chi connectivity index (χ0) is 16.1. The van der Waals surface area contributed by atoms with Gasteiger partial charge >= 0.3 is 0 Å². The molecular weight excluding hydrogens is 286 g/mol. The molecule has 1 N–H and O–H groups in total. The summed E-state index contributed by atoms with van der Waals surface area (Å²) in [5.74, 6) is 0.0485. The van der Waals surface area contributed by atoms with E-state index in [1.54, 1.807) is 6.20 Å². The molecule has 2 aromatic rings. The van der Waals surface area contributed by atoms with E-state index in [1.807, 2.05) is 35.2 Å². The predicted octanol–water partition coefficient (Wildman–Crippen LogP) is 3.88. The minimum absolute atomic E-state index is 0.0485. The Balaban J connectivity index is 1.63. The number of nitrogens with one attached hydrogen (secondary N) is 1. The molecule has 1 amide bonds. The van der Waals surface area contributed by atoms with Gasteiger partial charge in [0, 0.05) is 19.1 Å². The van der Waals surface area contributed by atoms with Crippen LogP contribution in [-0.2, 0) is 0 Å². The number of pyridine rings is 1. The van der Waals surface area contributed by atoms with Crippen LogP contribution in [0.2, 0.25) is 0 Å². The molecule has 4 heteroatoms. The van der Waals surface area contributed by atoms with Gasteiger partial charge in [-0.25, -0.2) is 4.98 Å². The number of hydrogen-bond acceptors (Lipinski definition) is 3. The van der Waals surface area contributed by atoms with E-state index < -0.39 is 0 Å². The number of anilines is 1. The standard InChI is InChI=1S/C19H23N3O/c1-15(16-8-4-2-5-9-16)21-17-10-11-18(20-14-17)19(23)22-12-6-3-7-13-22/h2,4-5,8-11,14-15,21H,3,6-7,12-13H2,1H3.